The Morgan fingerprint density at radius 1 is 1.26 bits per heavy atom. The van der Waals surface area contributed by atoms with E-state index in [1.54, 1.807) is 4.90 Å². The first-order valence-electron chi connectivity index (χ1n) is 7.99. The van der Waals surface area contributed by atoms with Gasteiger partial charge in [-0.2, -0.15) is 0 Å². The summed E-state index contributed by atoms with van der Waals surface area (Å²) in [5.41, 5.74) is 7.26. The van der Waals surface area contributed by atoms with Gasteiger partial charge in [0.1, 0.15) is 9.84 Å². The molecular weight excluding hydrogens is 312 g/mol. The minimum atomic E-state index is -3.09. The van der Waals surface area contributed by atoms with Crippen LogP contribution in [0.3, 0.4) is 0 Å². The Bertz CT molecular complexity index is 635. The van der Waals surface area contributed by atoms with Gasteiger partial charge in [-0.15, -0.1) is 0 Å². The Morgan fingerprint density at radius 2 is 1.83 bits per heavy atom. The summed E-state index contributed by atoms with van der Waals surface area (Å²) in [5.74, 6) is -0.182. The van der Waals surface area contributed by atoms with Crippen LogP contribution in [0.15, 0.2) is 30.3 Å². The molecule has 0 spiro atoms. The van der Waals surface area contributed by atoms with Gasteiger partial charge in [0.2, 0.25) is 5.91 Å². The molecule has 1 fully saturated rings. The van der Waals surface area contributed by atoms with Crippen molar-refractivity contribution in [3.63, 3.8) is 0 Å². The Labute approximate surface area is 138 Å². The molecule has 2 rings (SSSR count). The maximum Gasteiger partial charge on any atom is 0.239 e. The average molecular weight is 338 g/mol. The maximum absolute atomic E-state index is 12.4. The van der Waals surface area contributed by atoms with Crippen molar-refractivity contribution >= 4 is 15.7 Å². The Kier molecular flexibility index (Phi) is 5.47. The van der Waals surface area contributed by atoms with Crippen molar-refractivity contribution in [2.45, 2.75) is 37.6 Å². The molecule has 1 aromatic carbocycles. The fraction of sp³-hybridized carbons (Fsp3) is 0.588. The summed E-state index contributed by atoms with van der Waals surface area (Å²) in [6, 6.07) is 9.63. The maximum atomic E-state index is 12.4. The lowest BCUT2D eigenvalue weighted by Gasteiger charge is -2.40. The molecule has 1 aliphatic heterocycles. The highest BCUT2D eigenvalue weighted by atomic mass is 32.2. The average Bonchev–Trinajstić information content (AvgIpc) is 2.53. The van der Waals surface area contributed by atoms with Crippen molar-refractivity contribution < 1.29 is 13.2 Å². The summed E-state index contributed by atoms with van der Waals surface area (Å²) in [6.45, 7) is 3.56. The van der Waals surface area contributed by atoms with E-state index in [0.29, 0.717) is 13.1 Å². The largest absolute Gasteiger partial charge is 0.341 e. The number of carbonyl (C=O) groups is 1. The van der Waals surface area contributed by atoms with Gasteiger partial charge >= 0.3 is 0 Å². The number of rotatable bonds is 5. The molecule has 1 aromatic rings. The number of likely N-dealkylation sites (tertiary alicyclic amines) is 1. The highest BCUT2D eigenvalue weighted by Gasteiger charge is 2.34. The molecule has 1 heterocycles. The summed E-state index contributed by atoms with van der Waals surface area (Å²) in [7, 11) is -3.09. The molecule has 1 saturated heterocycles. The smallest absolute Gasteiger partial charge is 0.239 e. The second-order valence-corrected chi connectivity index (χ2v) is 9.04. The second-order valence-electron chi connectivity index (χ2n) is 6.78. The molecular formula is C17H26N2O3S. The number of nitrogens with two attached hydrogens (primary N) is 1. The molecule has 6 heteroatoms. The van der Waals surface area contributed by atoms with E-state index in [-0.39, 0.29) is 23.5 Å². The Balaban J connectivity index is 1.92. The monoisotopic (exact) mass is 338 g/mol. The minimum Gasteiger partial charge on any atom is -0.341 e. The van der Waals surface area contributed by atoms with Crippen LogP contribution >= 0.6 is 0 Å². The van der Waals surface area contributed by atoms with Crippen LogP contribution in [0.5, 0.6) is 0 Å². The molecule has 128 valence electrons. The van der Waals surface area contributed by atoms with E-state index in [1.165, 1.54) is 5.56 Å². The highest BCUT2D eigenvalue weighted by molar-refractivity contribution is 7.90. The zero-order valence-electron chi connectivity index (χ0n) is 13.9. The first kappa shape index (κ1) is 17.9. The summed E-state index contributed by atoms with van der Waals surface area (Å²) in [4.78, 5) is 14.1. The molecule has 0 radical (unpaired) electrons. The van der Waals surface area contributed by atoms with Crippen molar-refractivity contribution in [2.75, 3.05) is 25.1 Å². The van der Waals surface area contributed by atoms with E-state index in [0.717, 1.165) is 19.1 Å². The first-order valence-corrected chi connectivity index (χ1v) is 10.0. The number of sulfone groups is 1. The van der Waals surface area contributed by atoms with Crippen molar-refractivity contribution in [1.29, 1.82) is 0 Å². The van der Waals surface area contributed by atoms with Gasteiger partial charge in [0.15, 0.2) is 0 Å². The molecule has 5 nitrogen and oxygen atoms in total. The van der Waals surface area contributed by atoms with Crippen molar-refractivity contribution in [3.05, 3.63) is 35.9 Å². The van der Waals surface area contributed by atoms with E-state index in [9.17, 15) is 13.2 Å². The SMILES string of the molecule is CC1(c2ccccc2)CCN(C(=O)[C@H](N)CCS(C)(=O)=O)CC1. The zero-order chi connectivity index (χ0) is 17.1. The quantitative estimate of drug-likeness (QED) is 0.878. The fourth-order valence-corrected chi connectivity index (χ4v) is 3.73. The number of amides is 1. The lowest BCUT2D eigenvalue weighted by Crippen LogP contribution is -2.50. The van der Waals surface area contributed by atoms with Gasteiger partial charge in [-0.25, -0.2) is 8.42 Å². The molecule has 1 amide bonds. The van der Waals surface area contributed by atoms with Crippen LogP contribution < -0.4 is 5.73 Å². The van der Waals surface area contributed by atoms with Gasteiger partial charge in [-0.05, 0) is 30.2 Å². The van der Waals surface area contributed by atoms with Crippen LogP contribution in [0.25, 0.3) is 0 Å². The molecule has 0 unspecified atom stereocenters. The number of carbonyl (C=O) groups excluding carboxylic acids is 1. The highest BCUT2D eigenvalue weighted by Crippen LogP contribution is 2.34. The van der Waals surface area contributed by atoms with Gasteiger partial charge in [0.05, 0.1) is 11.8 Å². The predicted octanol–water partition coefficient (Wildman–Crippen LogP) is 1.33. The zero-order valence-corrected chi connectivity index (χ0v) is 14.7. The number of nitrogens with zero attached hydrogens (tertiary/aromatic N) is 1. The topological polar surface area (TPSA) is 80.5 Å². The fourth-order valence-electron chi connectivity index (χ4n) is 3.05. The normalized spacial score (nSPS) is 19.3. The molecule has 1 atom stereocenters. The third-order valence-electron chi connectivity index (χ3n) is 4.77. The molecule has 0 aliphatic carbocycles. The van der Waals surface area contributed by atoms with E-state index in [4.69, 9.17) is 5.73 Å². The lowest BCUT2D eigenvalue weighted by atomic mass is 9.74. The van der Waals surface area contributed by atoms with Gasteiger partial charge in [0.25, 0.3) is 0 Å². The third kappa shape index (κ3) is 4.78. The van der Waals surface area contributed by atoms with Gasteiger partial charge in [-0.3, -0.25) is 4.79 Å². The molecule has 23 heavy (non-hydrogen) atoms. The molecule has 2 N–H and O–H groups in total. The van der Waals surface area contributed by atoms with Gasteiger partial charge < -0.3 is 10.6 Å². The molecule has 0 aromatic heterocycles. The lowest BCUT2D eigenvalue weighted by molar-refractivity contribution is -0.134. The Hall–Kier alpha value is -1.40. The summed E-state index contributed by atoms with van der Waals surface area (Å²) in [6.07, 6.45) is 3.13. The predicted molar refractivity (Wildman–Crippen MR) is 91.9 cm³/mol. The van der Waals surface area contributed by atoms with E-state index < -0.39 is 15.9 Å². The van der Waals surface area contributed by atoms with Crippen molar-refractivity contribution in [1.82, 2.24) is 4.90 Å². The standard InChI is InChI=1S/C17H26N2O3S/c1-17(14-6-4-3-5-7-14)9-11-19(12-10-17)16(20)15(18)8-13-23(2,21)22/h3-7,15H,8-13,18H2,1-2H3/t15-/m1/s1. The van der Waals surface area contributed by atoms with Gasteiger partial charge in [0, 0.05) is 19.3 Å². The van der Waals surface area contributed by atoms with Crippen LogP contribution in [-0.4, -0.2) is 50.4 Å². The van der Waals surface area contributed by atoms with E-state index >= 15 is 0 Å². The Morgan fingerprint density at radius 3 is 2.35 bits per heavy atom. The molecule has 0 saturated carbocycles. The number of hydrogen-bond donors (Lipinski definition) is 1. The van der Waals surface area contributed by atoms with E-state index in [1.807, 2.05) is 18.2 Å². The second kappa shape index (κ2) is 7.01. The number of piperidine rings is 1. The summed E-state index contributed by atoms with van der Waals surface area (Å²) < 4.78 is 22.4. The van der Waals surface area contributed by atoms with Crippen LogP contribution in [0.4, 0.5) is 0 Å². The first-order chi connectivity index (χ1) is 10.7. The van der Waals surface area contributed by atoms with Crippen molar-refractivity contribution in [3.8, 4) is 0 Å². The molecule has 1 aliphatic rings. The number of hydrogen-bond acceptors (Lipinski definition) is 4. The van der Waals surface area contributed by atoms with Crippen LogP contribution in [0.1, 0.15) is 31.7 Å². The van der Waals surface area contributed by atoms with Crippen LogP contribution in [0, 0.1) is 0 Å². The third-order valence-corrected chi connectivity index (χ3v) is 5.74. The molecule has 0 bridgehead atoms. The van der Waals surface area contributed by atoms with Gasteiger partial charge in [-0.1, -0.05) is 37.3 Å². The summed E-state index contributed by atoms with van der Waals surface area (Å²) in [5, 5.41) is 0. The van der Waals surface area contributed by atoms with Crippen molar-refractivity contribution in [2.24, 2.45) is 5.73 Å². The van der Waals surface area contributed by atoms with Crippen LogP contribution in [-0.2, 0) is 20.0 Å². The summed E-state index contributed by atoms with van der Waals surface area (Å²) >= 11 is 0. The number of benzene rings is 1. The van der Waals surface area contributed by atoms with E-state index in [2.05, 4.69) is 19.1 Å². The minimum absolute atomic E-state index is 0.0462. The van der Waals surface area contributed by atoms with Crippen LogP contribution in [0.2, 0.25) is 0 Å².